The maximum absolute atomic E-state index is 14.1. The van der Waals surface area contributed by atoms with Crippen LogP contribution in [0.2, 0.25) is 0 Å². The molecule has 0 radical (unpaired) electrons. The molecule has 2 aliphatic rings. The molecule has 3 heterocycles. The third kappa shape index (κ3) is 5.84. The first kappa shape index (κ1) is 29.9. The van der Waals surface area contributed by atoms with Gasteiger partial charge < -0.3 is 20.9 Å². The van der Waals surface area contributed by atoms with E-state index in [0.29, 0.717) is 12.1 Å². The number of anilines is 1. The maximum atomic E-state index is 14.1. The first-order chi connectivity index (χ1) is 18.6. The molecule has 2 fully saturated rings. The molecule has 0 spiro atoms. The fourth-order valence-electron chi connectivity index (χ4n) is 5.76. The van der Waals surface area contributed by atoms with Gasteiger partial charge in [-0.1, -0.05) is 39.0 Å². The molecule has 0 unspecified atom stereocenters. The number of aryl methyl sites for hydroxylation is 1. The Morgan fingerprint density at radius 1 is 1.15 bits per heavy atom. The number of fused-ring (bicyclic) bond motifs is 2. The van der Waals surface area contributed by atoms with Crippen molar-refractivity contribution in [3.8, 4) is 0 Å². The van der Waals surface area contributed by atoms with E-state index in [1.807, 2.05) is 52.0 Å². The number of likely N-dealkylation sites (tertiary alicyclic amines) is 1. The van der Waals surface area contributed by atoms with Crippen molar-refractivity contribution in [3.63, 3.8) is 0 Å². The summed E-state index contributed by atoms with van der Waals surface area (Å²) in [5.41, 5.74) is 1.42. The van der Waals surface area contributed by atoms with E-state index in [-0.39, 0.29) is 30.8 Å². The average molecular weight is 573 g/mol. The van der Waals surface area contributed by atoms with Crippen molar-refractivity contribution < 1.29 is 22.8 Å². The molecule has 1 aromatic carbocycles. The van der Waals surface area contributed by atoms with Crippen LogP contribution in [0.5, 0.6) is 0 Å². The number of hydrogen-bond acceptors (Lipinski definition) is 7. The van der Waals surface area contributed by atoms with Gasteiger partial charge in [0.15, 0.2) is 0 Å². The molecule has 3 amide bonds. The Kier molecular flexibility index (Phi) is 8.26. The Labute approximate surface area is 236 Å². The fraction of sp³-hybridized carbons (Fsp3) is 0.571. The Hall–Kier alpha value is -3.09. The lowest BCUT2D eigenvalue weighted by Gasteiger charge is -2.37. The van der Waals surface area contributed by atoms with Crippen LogP contribution in [0.3, 0.4) is 0 Å². The van der Waals surface area contributed by atoms with Crippen LogP contribution in [-0.4, -0.2) is 90.9 Å². The van der Waals surface area contributed by atoms with E-state index < -0.39 is 45.5 Å². The number of sulfonamides is 1. The summed E-state index contributed by atoms with van der Waals surface area (Å²) >= 11 is 0. The molecule has 12 heteroatoms. The Morgan fingerprint density at radius 3 is 2.45 bits per heavy atom. The van der Waals surface area contributed by atoms with Gasteiger partial charge in [0, 0.05) is 30.2 Å². The van der Waals surface area contributed by atoms with Gasteiger partial charge >= 0.3 is 0 Å². The highest BCUT2D eigenvalue weighted by molar-refractivity contribution is 7.88. The lowest BCUT2D eigenvalue weighted by Crippen LogP contribution is -2.59. The number of rotatable bonds is 7. The number of benzene rings is 1. The van der Waals surface area contributed by atoms with Crippen molar-refractivity contribution in [1.82, 2.24) is 24.8 Å². The molecule has 3 N–H and O–H groups in total. The summed E-state index contributed by atoms with van der Waals surface area (Å²) in [5, 5.41) is 9.54. The van der Waals surface area contributed by atoms with Crippen molar-refractivity contribution in [2.45, 2.75) is 65.2 Å². The maximum Gasteiger partial charge on any atom is 0.246 e. The predicted molar refractivity (Wildman–Crippen MR) is 154 cm³/mol. The van der Waals surface area contributed by atoms with Gasteiger partial charge in [-0.25, -0.2) is 8.42 Å². The van der Waals surface area contributed by atoms with E-state index in [9.17, 15) is 22.8 Å². The van der Waals surface area contributed by atoms with Crippen molar-refractivity contribution >= 4 is 44.3 Å². The highest BCUT2D eigenvalue weighted by Crippen LogP contribution is 2.39. The van der Waals surface area contributed by atoms with Crippen molar-refractivity contribution in [2.75, 3.05) is 31.7 Å². The van der Waals surface area contributed by atoms with E-state index in [4.69, 9.17) is 0 Å². The quantitative estimate of drug-likeness (QED) is 0.457. The van der Waals surface area contributed by atoms with Crippen LogP contribution >= 0.6 is 0 Å². The number of nitrogens with zero attached hydrogens (tertiary/aromatic N) is 3. The predicted octanol–water partition coefficient (Wildman–Crippen LogP) is 1.48. The Morgan fingerprint density at radius 2 is 1.82 bits per heavy atom. The largest absolute Gasteiger partial charge is 0.342 e. The van der Waals surface area contributed by atoms with E-state index in [2.05, 4.69) is 20.9 Å². The number of carbonyl (C=O) groups excluding carboxylic acids is 3. The molecule has 0 saturated carbocycles. The highest BCUT2D eigenvalue weighted by atomic mass is 32.2. The lowest BCUT2D eigenvalue weighted by atomic mass is 9.85. The zero-order chi connectivity index (χ0) is 29.6. The summed E-state index contributed by atoms with van der Waals surface area (Å²) < 4.78 is 26.9. The second-order valence-corrected chi connectivity index (χ2v) is 13.9. The molecule has 1 aromatic heterocycles. The summed E-state index contributed by atoms with van der Waals surface area (Å²) in [6.07, 6.45) is 1.54. The molecule has 40 heavy (non-hydrogen) atoms. The molecular formula is C28H40N6O5S. The number of carbonyl (C=O) groups is 3. The van der Waals surface area contributed by atoms with Gasteiger partial charge in [-0.05, 0) is 44.9 Å². The molecule has 2 aliphatic heterocycles. The van der Waals surface area contributed by atoms with Gasteiger partial charge in [0.1, 0.15) is 6.04 Å². The lowest BCUT2D eigenvalue weighted by molar-refractivity contribution is -0.141. The molecule has 11 nitrogen and oxygen atoms in total. The van der Waals surface area contributed by atoms with Crippen LogP contribution in [0, 0.1) is 18.3 Å². The van der Waals surface area contributed by atoms with Crippen LogP contribution in [-0.2, 0) is 24.4 Å². The molecule has 2 aromatic rings. The van der Waals surface area contributed by atoms with Crippen molar-refractivity contribution in [1.29, 1.82) is 0 Å². The van der Waals surface area contributed by atoms with Gasteiger partial charge in [0.05, 0.1) is 35.5 Å². The fourth-order valence-corrected chi connectivity index (χ4v) is 6.92. The normalized spacial score (nSPS) is 23.1. The smallest absolute Gasteiger partial charge is 0.246 e. The molecular weight excluding hydrogens is 532 g/mol. The van der Waals surface area contributed by atoms with Crippen molar-refractivity contribution in [3.05, 3.63) is 36.0 Å². The van der Waals surface area contributed by atoms with Gasteiger partial charge in [-0.2, -0.15) is 4.31 Å². The third-order valence-corrected chi connectivity index (χ3v) is 9.22. The van der Waals surface area contributed by atoms with Crippen LogP contribution < -0.4 is 16.0 Å². The summed E-state index contributed by atoms with van der Waals surface area (Å²) in [4.78, 5) is 46.8. The minimum atomic E-state index is -3.64. The second-order valence-electron chi connectivity index (χ2n) is 12.0. The van der Waals surface area contributed by atoms with Crippen LogP contribution in [0.15, 0.2) is 30.3 Å². The van der Waals surface area contributed by atoms with E-state index in [0.717, 1.165) is 22.9 Å². The van der Waals surface area contributed by atoms with Gasteiger partial charge in [0.25, 0.3) is 0 Å². The number of hydrogen-bond donors (Lipinski definition) is 3. The molecule has 2 saturated heterocycles. The first-order valence-electron chi connectivity index (χ1n) is 13.6. The number of pyridine rings is 1. The van der Waals surface area contributed by atoms with Gasteiger partial charge in [-0.15, -0.1) is 0 Å². The van der Waals surface area contributed by atoms with E-state index >= 15 is 0 Å². The standard InChI is InChI=1S/C28H40N6O5S/c1-16-14-21(18-10-8-9-11-20(18)30-16)31-26(36)19-15-34(40(7,38)39)22-12-13-33(23(19)22)27(37)24(28(3,4)5)32-25(35)17(2)29-6/h8-11,14,17,19,22-24,29H,12-13,15H2,1-7H3,(H,32,35)(H,30,31,36)/t17-,19-,22+,23+,24+/m0/s1. The number of para-hydroxylation sites is 1. The molecule has 5 atom stereocenters. The average Bonchev–Trinajstić information content (AvgIpc) is 3.46. The number of amides is 3. The second kappa shape index (κ2) is 11.1. The zero-order valence-corrected chi connectivity index (χ0v) is 25.0. The topological polar surface area (TPSA) is 141 Å². The minimum absolute atomic E-state index is 0.0326. The zero-order valence-electron chi connectivity index (χ0n) is 24.2. The molecule has 218 valence electrons. The molecule has 4 rings (SSSR count). The van der Waals surface area contributed by atoms with Gasteiger partial charge in [0.2, 0.25) is 27.7 Å². The Balaban J connectivity index is 1.68. The molecule has 0 aliphatic carbocycles. The Bertz CT molecular complexity index is 1420. The first-order valence-corrected chi connectivity index (χ1v) is 15.4. The van der Waals surface area contributed by atoms with E-state index in [1.165, 1.54) is 4.31 Å². The van der Waals surface area contributed by atoms with Gasteiger partial charge in [-0.3, -0.25) is 19.4 Å². The van der Waals surface area contributed by atoms with Crippen molar-refractivity contribution in [2.24, 2.45) is 11.3 Å². The highest BCUT2D eigenvalue weighted by Gasteiger charge is 2.56. The molecule has 0 bridgehead atoms. The summed E-state index contributed by atoms with van der Waals surface area (Å²) in [6.45, 7) is 9.40. The monoisotopic (exact) mass is 572 g/mol. The van der Waals surface area contributed by atoms with Crippen LogP contribution in [0.25, 0.3) is 10.9 Å². The SMILES string of the molecule is CN[C@@H](C)C(=O)N[C@H](C(=O)N1CC[C@@H]2[C@H]1[C@@H](C(=O)Nc1cc(C)nc3ccccc13)CN2S(C)(=O)=O)C(C)(C)C. The number of aromatic nitrogens is 1. The van der Waals surface area contributed by atoms with E-state index in [1.54, 1.807) is 24.9 Å². The summed E-state index contributed by atoms with van der Waals surface area (Å²) in [5.74, 6) is -1.80. The third-order valence-electron chi connectivity index (χ3n) is 7.95. The number of nitrogens with one attached hydrogen (secondary N) is 3. The number of likely N-dealkylation sites (N-methyl/N-ethyl adjacent to an activating group) is 1. The summed E-state index contributed by atoms with van der Waals surface area (Å²) in [7, 11) is -1.98. The van der Waals surface area contributed by atoms with Crippen LogP contribution in [0.4, 0.5) is 5.69 Å². The minimum Gasteiger partial charge on any atom is -0.342 e. The summed E-state index contributed by atoms with van der Waals surface area (Å²) in [6, 6.07) is 6.68. The van der Waals surface area contributed by atoms with Crippen LogP contribution in [0.1, 0.15) is 39.8 Å².